The first-order valence-electron chi connectivity index (χ1n) is 9.41. The van der Waals surface area contributed by atoms with Crippen LogP contribution >= 0.6 is 22.9 Å². The number of aryl methyl sites for hydroxylation is 4. The molecule has 0 atom stereocenters. The van der Waals surface area contributed by atoms with Crippen molar-refractivity contribution in [2.24, 2.45) is 0 Å². The molecule has 14 heteroatoms. The van der Waals surface area contributed by atoms with E-state index in [-0.39, 0.29) is 32.7 Å². The summed E-state index contributed by atoms with van der Waals surface area (Å²) in [6, 6.07) is 3.70. The lowest BCUT2D eigenvalue weighted by Gasteiger charge is -2.16. The van der Waals surface area contributed by atoms with Crippen LogP contribution in [0.4, 0.5) is 24.7 Å². The average Bonchev–Trinajstić information content (AvgIpc) is 3.26. The number of halogens is 4. The minimum absolute atomic E-state index is 0.0767. The molecule has 0 spiro atoms. The Morgan fingerprint density at radius 2 is 1.76 bits per heavy atom. The molecular weight excluding hydrogens is 519 g/mol. The molecule has 0 aliphatic rings. The van der Waals surface area contributed by atoms with Gasteiger partial charge in [-0.3, -0.25) is 9.59 Å². The van der Waals surface area contributed by atoms with E-state index < -0.39 is 38.3 Å². The fourth-order valence-corrected chi connectivity index (χ4v) is 5.75. The molecule has 34 heavy (non-hydrogen) atoms. The molecule has 0 radical (unpaired) electrons. The standard InChI is InChI=1S/C20H17ClF3N3O5S2/c1-8-5-9(2)15(12(6-8)17(28)20(22,23)24)25-18(29)16-13(7-10(3)33-16)34(30,31)27-19-14(21)11(4)26-32-19/h5-7,27H,1-4H3,(H,25,29). The Hall–Kier alpha value is -2.90. The van der Waals surface area contributed by atoms with Gasteiger partial charge in [-0.1, -0.05) is 22.8 Å². The first-order chi connectivity index (χ1) is 15.6. The number of sulfonamides is 1. The van der Waals surface area contributed by atoms with E-state index in [4.69, 9.17) is 16.1 Å². The quantitative estimate of drug-likeness (QED) is 0.407. The van der Waals surface area contributed by atoms with Crippen LogP contribution in [0.15, 0.2) is 27.6 Å². The number of carbonyl (C=O) groups excluding carboxylic acids is 2. The fraction of sp³-hybridized carbons (Fsp3) is 0.250. The molecular formula is C20H17ClF3N3O5S2. The second-order valence-corrected chi connectivity index (χ2v) is 10.6. The van der Waals surface area contributed by atoms with E-state index in [1.807, 2.05) is 0 Å². The number of alkyl halides is 3. The van der Waals surface area contributed by atoms with Gasteiger partial charge in [0.25, 0.3) is 27.6 Å². The molecule has 2 heterocycles. The van der Waals surface area contributed by atoms with Crippen molar-refractivity contribution in [3.8, 4) is 0 Å². The molecule has 0 saturated heterocycles. The average molecular weight is 536 g/mol. The highest BCUT2D eigenvalue weighted by Gasteiger charge is 2.41. The van der Waals surface area contributed by atoms with Crippen LogP contribution in [0.2, 0.25) is 5.02 Å². The summed E-state index contributed by atoms with van der Waals surface area (Å²) in [4.78, 5) is 24.7. The van der Waals surface area contributed by atoms with Crippen LogP contribution in [0, 0.1) is 27.7 Å². The monoisotopic (exact) mass is 535 g/mol. The zero-order valence-electron chi connectivity index (χ0n) is 18.0. The molecule has 2 aromatic heterocycles. The molecule has 0 aliphatic heterocycles. The molecule has 0 aliphatic carbocycles. The summed E-state index contributed by atoms with van der Waals surface area (Å²) < 4.78 is 72.2. The lowest BCUT2D eigenvalue weighted by Crippen LogP contribution is -2.26. The smallest absolute Gasteiger partial charge is 0.336 e. The normalized spacial score (nSPS) is 12.0. The molecule has 0 fully saturated rings. The van der Waals surface area contributed by atoms with Crippen LogP contribution < -0.4 is 10.0 Å². The van der Waals surface area contributed by atoms with Crippen molar-refractivity contribution in [1.29, 1.82) is 0 Å². The van der Waals surface area contributed by atoms with Gasteiger partial charge >= 0.3 is 6.18 Å². The zero-order chi connectivity index (χ0) is 25.6. The zero-order valence-corrected chi connectivity index (χ0v) is 20.4. The molecule has 1 aromatic carbocycles. The maximum atomic E-state index is 13.1. The van der Waals surface area contributed by atoms with E-state index in [0.717, 1.165) is 17.4 Å². The van der Waals surface area contributed by atoms with E-state index in [9.17, 15) is 31.2 Å². The Kier molecular flexibility index (Phi) is 6.84. The highest BCUT2D eigenvalue weighted by atomic mass is 35.5. The van der Waals surface area contributed by atoms with Gasteiger partial charge in [-0.05, 0) is 51.0 Å². The third-order valence-corrected chi connectivity index (χ3v) is 7.53. The Morgan fingerprint density at radius 3 is 2.32 bits per heavy atom. The molecule has 3 rings (SSSR count). The predicted octanol–water partition coefficient (Wildman–Crippen LogP) is 5.42. The number of benzene rings is 1. The number of nitrogens with zero attached hydrogens (tertiary/aromatic N) is 1. The van der Waals surface area contributed by atoms with Crippen molar-refractivity contribution in [1.82, 2.24) is 5.16 Å². The van der Waals surface area contributed by atoms with Crippen molar-refractivity contribution >= 4 is 56.2 Å². The van der Waals surface area contributed by atoms with E-state index in [1.54, 1.807) is 6.92 Å². The summed E-state index contributed by atoms with van der Waals surface area (Å²) in [6.45, 7) is 5.95. The Bertz CT molecular complexity index is 1410. The molecule has 0 bridgehead atoms. The number of amides is 1. The van der Waals surface area contributed by atoms with Crippen molar-refractivity contribution < 1.29 is 35.7 Å². The molecule has 1 amide bonds. The van der Waals surface area contributed by atoms with Gasteiger partial charge in [0, 0.05) is 4.88 Å². The third kappa shape index (κ3) is 5.10. The Balaban J connectivity index is 2.03. The number of hydrogen-bond acceptors (Lipinski definition) is 7. The summed E-state index contributed by atoms with van der Waals surface area (Å²) in [7, 11) is -4.40. The first-order valence-corrected chi connectivity index (χ1v) is 12.1. The van der Waals surface area contributed by atoms with Gasteiger partial charge in [0.1, 0.15) is 20.5 Å². The van der Waals surface area contributed by atoms with E-state index >= 15 is 0 Å². The number of nitrogens with one attached hydrogen (secondary N) is 2. The molecule has 3 aromatic rings. The Labute approximate surface area is 201 Å². The van der Waals surface area contributed by atoms with Gasteiger partial charge in [0.2, 0.25) is 0 Å². The molecule has 2 N–H and O–H groups in total. The van der Waals surface area contributed by atoms with Gasteiger partial charge in [-0.2, -0.15) is 13.2 Å². The first kappa shape index (κ1) is 25.7. The maximum absolute atomic E-state index is 13.1. The number of Topliss-reactive ketones (excluding diaryl/α,β-unsaturated/α-hetero) is 1. The minimum atomic E-state index is -5.17. The highest BCUT2D eigenvalue weighted by molar-refractivity contribution is 7.93. The number of thiophene rings is 1. The predicted molar refractivity (Wildman–Crippen MR) is 120 cm³/mol. The van der Waals surface area contributed by atoms with Crippen LogP contribution in [-0.2, 0) is 10.0 Å². The lowest BCUT2D eigenvalue weighted by atomic mass is 10.0. The van der Waals surface area contributed by atoms with Crippen molar-refractivity contribution in [2.45, 2.75) is 38.8 Å². The molecule has 8 nitrogen and oxygen atoms in total. The molecule has 182 valence electrons. The van der Waals surface area contributed by atoms with Gasteiger partial charge in [0.05, 0.1) is 11.3 Å². The fourth-order valence-electron chi connectivity index (χ4n) is 3.08. The van der Waals surface area contributed by atoms with E-state index in [0.29, 0.717) is 10.4 Å². The number of ketones is 1. The van der Waals surface area contributed by atoms with Crippen molar-refractivity contribution in [3.63, 3.8) is 0 Å². The highest BCUT2D eigenvalue weighted by Crippen LogP contribution is 2.34. The summed E-state index contributed by atoms with van der Waals surface area (Å²) in [5.74, 6) is -3.51. The van der Waals surface area contributed by atoms with Crippen LogP contribution in [0.1, 0.15) is 41.7 Å². The summed E-state index contributed by atoms with van der Waals surface area (Å²) in [5.41, 5.74) is -0.315. The van der Waals surface area contributed by atoms with Crippen molar-refractivity contribution in [3.05, 3.63) is 55.4 Å². The van der Waals surface area contributed by atoms with E-state index in [2.05, 4.69) is 15.2 Å². The molecule has 0 saturated carbocycles. The molecule has 0 unspecified atom stereocenters. The number of anilines is 2. The topological polar surface area (TPSA) is 118 Å². The summed E-state index contributed by atoms with van der Waals surface area (Å²) in [6.07, 6.45) is -5.17. The third-order valence-electron chi connectivity index (χ3n) is 4.56. The van der Waals surface area contributed by atoms with Crippen LogP contribution in [0.5, 0.6) is 0 Å². The van der Waals surface area contributed by atoms with Crippen LogP contribution in [0.3, 0.4) is 0 Å². The largest absolute Gasteiger partial charge is 0.454 e. The van der Waals surface area contributed by atoms with Crippen molar-refractivity contribution in [2.75, 3.05) is 10.0 Å². The van der Waals surface area contributed by atoms with Gasteiger partial charge < -0.3 is 9.84 Å². The Morgan fingerprint density at radius 1 is 1.12 bits per heavy atom. The second-order valence-electron chi connectivity index (χ2n) is 7.35. The van der Waals surface area contributed by atoms with Gasteiger partial charge in [-0.15, -0.1) is 11.3 Å². The van der Waals surface area contributed by atoms with E-state index in [1.165, 1.54) is 32.9 Å². The SMILES string of the molecule is Cc1cc(C)c(NC(=O)c2sc(C)cc2S(=O)(=O)Nc2onc(C)c2Cl)c(C(=O)C(F)(F)F)c1. The summed E-state index contributed by atoms with van der Waals surface area (Å²) >= 11 is 6.75. The number of rotatable bonds is 6. The maximum Gasteiger partial charge on any atom is 0.454 e. The second kappa shape index (κ2) is 9.04. The van der Waals surface area contributed by atoms with Gasteiger partial charge in [-0.25, -0.2) is 13.1 Å². The minimum Gasteiger partial charge on any atom is -0.336 e. The van der Waals surface area contributed by atoms with Crippen LogP contribution in [0.25, 0.3) is 0 Å². The number of hydrogen-bond donors (Lipinski definition) is 2. The summed E-state index contributed by atoms with van der Waals surface area (Å²) in [5, 5.41) is 5.74. The van der Waals surface area contributed by atoms with Crippen LogP contribution in [-0.4, -0.2) is 31.4 Å². The number of aromatic nitrogens is 1. The lowest BCUT2D eigenvalue weighted by molar-refractivity contribution is -0.0884. The number of carbonyl (C=O) groups is 2. The van der Waals surface area contributed by atoms with Gasteiger partial charge in [0.15, 0.2) is 0 Å².